The topological polar surface area (TPSA) is 39.7 Å². The molecule has 0 bridgehead atoms. The maximum absolute atomic E-state index is 13.1. The third-order valence-electron chi connectivity index (χ3n) is 6.59. The van der Waals surface area contributed by atoms with Gasteiger partial charge in [-0.15, -0.1) is 12.4 Å². The number of fused-ring (bicyclic) bond motifs is 1. The van der Waals surface area contributed by atoms with Gasteiger partial charge in [-0.05, 0) is 64.3 Å². The van der Waals surface area contributed by atoms with Crippen molar-refractivity contribution in [2.45, 2.75) is 46.1 Å². The number of halogens is 1. The van der Waals surface area contributed by atoms with Crippen molar-refractivity contribution in [2.24, 2.45) is 5.92 Å². The molecule has 164 valence electrons. The minimum atomic E-state index is 0. The molecule has 2 aromatic rings. The lowest BCUT2D eigenvalue weighted by atomic mass is 9.94. The third kappa shape index (κ3) is 5.06. The molecule has 2 saturated heterocycles. The number of hydrogen-bond acceptors (Lipinski definition) is 4. The molecular weight excluding hydrogens is 396 g/mol. The van der Waals surface area contributed by atoms with Gasteiger partial charge >= 0.3 is 0 Å². The Hall–Kier alpha value is -1.85. The summed E-state index contributed by atoms with van der Waals surface area (Å²) in [5.41, 5.74) is 3.35. The highest BCUT2D eigenvalue weighted by Crippen LogP contribution is 2.27. The second-order valence-corrected chi connectivity index (χ2v) is 8.90. The molecular formula is C24H35ClN4O. The van der Waals surface area contributed by atoms with Gasteiger partial charge in [0, 0.05) is 68.0 Å². The second kappa shape index (κ2) is 9.97. The van der Waals surface area contributed by atoms with Crippen LogP contribution < -0.4 is 4.90 Å². The molecule has 2 aliphatic heterocycles. The number of rotatable bonds is 3. The highest BCUT2D eigenvalue weighted by atomic mass is 35.5. The van der Waals surface area contributed by atoms with Crippen LogP contribution in [0.15, 0.2) is 30.3 Å². The largest absolute Gasteiger partial charge is 0.371 e. The van der Waals surface area contributed by atoms with Crippen molar-refractivity contribution in [1.82, 2.24) is 14.8 Å². The van der Waals surface area contributed by atoms with Crippen molar-refractivity contribution >= 4 is 34.9 Å². The van der Waals surface area contributed by atoms with Crippen LogP contribution in [0.25, 0.3) is 10.9 Å². The van der Waals surface area contributed by atoms with Crippen molar-refractivity contribution in [1.29, 1.82) is 0 Å². The summed E-state index contributed by atoms with van der Waals surface area (Å²) in [5, 5.41) is 1.19. The normalized spacial score (nSPS) is 19.1. The molecule has 4 rings (SSSR count). The fraction of sp³-hybridized carbons (Fsp3) is 0.583. The predicted molar refractivity (Wildman–Crippen MR) is 127 cm³/mol. The first-order valence-electron chi connectivity index (χ1n) is 11.2. The number of amides is 1. The molecule has 0 aliphatic carbocycles. The Balaban J connectivity index is 0.00000256. The van der Waals surface area contributed by atoms with Crippen LogP contribution in [0, 0.1) is 12.8 Å². The molecule has 0 saturated carbocycles. The fourth-order valence-corrected chi connectivity index (χ4v) is 4.73. The SMILES string of the molecule is Cc1ccc2cc(N3CCC(C(=O)N4CCCN(C(C)C)CC4)CC3)ccc2n1.Cl. The summed E-state index contributed by atoms with van der Waals surface area (Å²) < 4.78 is 0. The van der Waals surface area contributed by atoms with E-state index >= 15 is 0 Å². The Kier molecular flexibility index (Phi) is 7.59. The second-order valence-electron chi connectivity index (χ2n) is 8.90. The van der Waals surface area contributed by atoms with Crippen LogP contribution in [0.5, 0.6) is 0 Å². The molecule has 6 heteroatoms. The van der Waals surface area contributed by atoms with E-state index < -0.39 is 0 Å². The average molecular weight is 431 g/mol. The molecule has 30 heavy (non-hydrogen) atoms. The molecule has 3 heterocycles. The molecule has 1 aromatic carbocycles. The zero-order chi connectivity index (χ0) is 20.4. The molecule has 5 nitrogen and oxygen atoms in total. The van der Waals surface area contributed by atoms with Gasteiger partial charge in [0.25, 0.3) is 0 Å². The Morgan fingerprint density at radius 3 is 2.50 bits per heavy atom. The standard InChI is InChI=1S/C24H34N4O.ClH/c1-18(2)26-11-4-12-28(16-15-26)24(29)20-9-13-27(14-10-20)22-7-8-23-21(17-22)6-5-19(3)25-23;/h5-8,17-18,20H,4,9-16H2,1-3H3;1H. The van der Waals surface area contributed by atoms with Crippen molar-refractivity contribution in [3.63, 3.8) is 0 Å². The van der Waals surface area contributed by atoms with Crippen molar-refractivity contribution in [3.05, 3.63) is 36.0 Å². The van der Waals surface area contributed by atoms with E-state index in [2.05, 4.69) is 63.9 Å². The Morgan fingerprint density at radius 2 is 1.77 bits per heavy atom. The number of carbonyl (C=O) groups is 1. The first kappa shape index (κ1) is 22.8. The highest BCUT2D eigenvalue weighted by molar-refractivity contribution is 5.85. The van der Waals surface area contributed by atoms with Crippen LogP contribution in [0.1, 0.15) is 38.8 Å². The number of piperidine rings is 1. The predicted octanol–water partition coefficient (Wildman–Crippen LogP) is 4.12. The van der Waals surface area contributed by atoms with Crippen molar-refractivity contribution in [2.75, 3.05) is 44.2 Å². The number of nitrogens with zero attached hydrogens (tertiary/aromatic N) is 4. The maximum Gasteiger partial charge on any atom is 0.225 e. The lowest BCUT2D eigenvalue weighted by Crippen LogP contribution is -2.44. The minimum absolute atomic E-state index is 0. The quantitative estimate of drug-likeness (QED) is 0.734. The smallest absolute Gasteiger partial charge is 0.225 e. The monoisotopic (exact) mass is 430 g/mol. The van der Waals surface area contributed by atoms with Gasteiger partial charge in [0.2, 0.25) is 5.91 Å². The van der Waals surface area contributed by atoms with E-state index in [0.29, 0.717) is 11.9 Å². The van der Waals surface area contributed by atoms with E-state index in [0.717, 1.165) is 69.7 Å². The van der Waals surface area contributed by atoms with E-state index in [9.17, 15) is 4.79 Å². The number of aryl methyl sites for hydroxylation is 1. The first-order valence-corrected chi connectivity index (χ1v) is 11.2. The zero-order valence-corrected chi connectivity index (χ0v) is 19.3. The van der Waals surface area contributed by atoms with Crippen LogP contribution in [0.4, 0.5) is 5.69 Å². The van der Waals surface area contributed by atoms with Crippen molar-refractivity contribution < 1.29 is 4.79 Å². The number of anilines is 1. The highest BCUT2D eigenvalue weighted by Gasteiger charge is 2.30. The lowest BCUT2D eigenvalue weighted by molar-refractivity contribution is -0.136. The van der Waals surface area contributed by atoms with Gasteiger partial charge in [0.1, 0.15) is 0 Å². The van der Waals surface area contributed by atoms with Gasteiger partial charge in [-0.3, -0.25) is 14.7 Å². The summed E-state index contributed by atoms with van der Waals surface area (Å²) in [6.07, 6.45) is 2.99. The number of carbonyl (C=O) groups excluding carboxylic acids is 1. The summed E-state index contributed by atoms with van der Waals surface area (Å²) in [5.74, 6) is 0.565. The molecule has 2 aliphatic rings. The van der Waals surface area contributed by atoms with Gasteiger partial charge in [-0.1, -0.05) is 6.07 Å². The maximum atomic E-state index is 13.1. The van der Waals surface area contributed by atoms with Gasteiger partial charge in [0.15, 0.2) is 0 Å². The number of benzene rings is 1. The van der Waals surface area contributed by atoms with Crippen molar-refractivity contribution in [3.8, 4) is 0 Å². The van der Waals surface area contributed by atoms with Gasteiger partial charge in [-0.25, -0.2) is 0 Å². The van der Waals surface area contributed by atoms with Crippen LogP contribution in [-0.4, -0.2) is 66.0 Å². The molecule has 0 spiro atoms. The van der Waals surface area contributed by atoms with E-state index in [-0.39, 0.29) is 18.3 Å². The fourth-order valence-electron chi connectivity index (χ4n) is 4.73. The van der Waals surface area contributed by atoms with E-state index in [1.807, 2.05) is 6.92 Å². The summed E-state index contributed by atoms with van der Waals surface area (Å²) in [4.78, 5) is 24.8. The van der Waals surface area contributed by atoms with Crippen LogP contribution >= 0.6 is 12.4 Å². The van der Waals surface area contributed by atoms with E-state index in [1.165, 1.54) is 11.1 Å². The summed E-state index contributed by atoms with van der Waals surface area (Å²) in [7, 11) is 0. The average Bonchev–Trinajstić information content (AvgIpc) is 2.99. The number of hydrogen-bond donors (Lipinski definition) is 0. The molecule has 0 N–H and O–H groups in total. The van der Waals surface area contributed by atoms with Crippen LogP contribution in [0.3, 0.4) is 0 Å². The zero-order valence-electron chi connectivity index (χ0n) is 18.5. The van der Waals surface area contributed by atoms with Crippen LogP contribution in [0.2, 0.25) is 0 Å². The van der Waals surface area contributed by atoms with E-state index in [1.54, 1.807) is 0 Å². The molecule has 1 aromatic heterocycles. The summed E-state index contributed by atoms with van der Waals surface area (Å²) in [6.45, 7) is 12.3. The van der Waals surface area contributed by atoms with Crippen LogP contribution in [-0.2, 0) is 4.79 Å². The summed E-state index contributed by atoms with van der Waals surface area (Å²) >= 11 is 0. The Bertz CT molecular complexity index is 863. The van der Waals surface area contributed by atoms with Gasteiger partial charge < -0.3 is 9.80 Å². The van der Waals surface area contributed by atoms with Gasteiger partial charge in [0.05, 0.1) is 5.52 Å². The number of aromatic nitrogens is 1. The minimum Gasteiger partial charge on any atom is -0.371 e. The molecule has 0 atom stereocenters. The first-order chi connectivity index (χ1) is 14.0. The summed E-state index contributed by atoms with van der Waals surface area (Å²) in [6, 6.07) is 11.3. The molecule has 2 fully saturated rings. The molecule has 0 radical (unpaired) electrons. The van der Waals surface area contributed by atoms with Gasteiger partial charge in [-0.2, -0.15) is 0 Å². The Morgan fingerprint density at radius 1 is 1.00 bits per heavy atom. The van der Waals surface area contributed by atoms with E-state index in [4.69, 9.17) is 0 Å². The number of pyridine rings is 1. The third-order valence-corrected chi connectivity index (χ3v) is 6.59. The molecule has 0 unspecified atom stereocenters. The molecule has 1 amide bonds. The Labute approximate surface area is 186 Å². The lowest BCUT2D eigenvalue weighted by Gasteiger charge is -2.35.